The number of methoxy groups -OCH3 is 1. The first-order valence-electron chi connectivity index (χ1n) is 6.01. The minimum absolute atomic E-state index is 0.0598. The number of nitro groups is 1. The third-order valence-electron chi connectivity index (χ3n) is 3.03. The summed E-state index contributed by atoms with van der Waals surface area (Å²) in [5.41, 5.74) is 2.47. The van der Waals surface area contributed by atoms with E-state index >= 15 is 0 Å². The Morgan fingerprint density at radius 2 is 2.20 bits per heavy atom. The van der Waals surface area contributed by atoms with Crippen molar-refractivity contribution >= 4 is 11.4 Å². The van der Waals surface area contributed by atoms with Gasteiger partial charge in [0.2, 0.25) is 0 Å². The van der Waals surface area contributed by atoms with Crippen LogP contribution in [0, 0.1) is 24.0 Å². The number of nitrogens with one attached hydrogen (secondary N) is 1. The molecule has 2 rings (SSSR count). The van der Waals surface area contributed by atoms with Gasteiger partial charge >= 0.3 is 5.69 Å². The number of aromatic nitrogens is 1. The first kappa shape index (κ1) is 13.9. The van der Waals surface area contributed by atoms with Crippen LogP contribution in [0.1, 0.15) is 17.0 Å². The highest BCUT2D eigenvalue weighted by Gasteiger charge is 2.15. The first-order chi connectivity index (χ1) is 9.52. The van der Waals surface area contributed by atoms with Gasteiger partial charge in [0.1, 0.15) is 5.76 Å². The third-order valence-corrected chi connectivity index (χ3v) is 3.03. The molecule has 1 N–H and O–H groups in total. The maximum absolute atomic E-state index is 10.8. The van der Waals surface area contributed by atoms with Crippen LogP contribution in [0.15, 0.2) is 22.7 Å². The van der Waals surface area contributed by atoms with E-state index in [1.807, 2.05) is 13.8 Å². The molecule has 106 valence electrons. The molecule has 20 heavy (non-hydrogen) atoms. The average molecular weight is 277 g/mol. The minimum Gasteiger partial charge on any atom is -0.490 e. The molecule has 0 unspecified atom stereocenters. The van der Waals surface area contributed by atoms with Crippen molar-refractivity contribution in [3.63, 3.8) is 0 Å². The Morgan fingerprint density at radius 1 is 1.45 bits per heavy atom. The van der Waals surface area contributed by atoms with Crippen LogP contribution in [0.4, 0.5) is 11.4 Å². The number of anilines is 1. The van der Waals surface area contributed by atoms with Crippen molar-refractivity contribution in [1.29, 1.82) is 0 Å². The Balaban J connectivity index is 2.16. The summed E-state index contributed by atoms with van der Waals surface area (Å²) >= 11 is 0. The highest BCUT2D eigenvalue weighted by atomic mass is 16.6. The second-order valence-corrected chi connectivity index (χ2v) is 4.30. The number of nitrogens with zero attached hydrogens (tertiary/aromatic N) is 2. The maximum atomic E-state index is 10.8. The number of hydrogen-bond donors (Lipinski definition) is 1. The normalized spacial score (nSPS) is 10.3. The molecule has 7 heteroatoms. The number of ether oxygens (including phenoxy) is 1. The second kappa shape index (κ2) is 5.60. The van der Waals surface area contributed by atoms with Gasteiger partial charge in [-0.15, -0.1) is 0 Å². The topological polar surface area (TPSA) is 90.4 Å². The Hall–Kier alpha value is -2.57. The summed E-state index contributed by atoms with van der Waals surface area (Å²) < 4.78 is 10.1. The molecule has 0 saturated carbocycles. The van der Waals surface area contributed by atoms with Crippen LogP contribution in [0.5, 0.6) is 5.75 Å². The van der Waals surface area contributed by atoms with Crippen LogP contribution in [0.3, 0.4) is 0 Å². The molecule has 0 fully saturated rings. The van der Waals surface area contributed by atoms with Crippen molar-refractivity contribution in [1.82, 2.24) is 5.16 Å². The summed E-state index contributed by atoms with van der Waals surface area (Å²) in [6.45, 7) is 4.24. The lowest BCUT2D eigenvalue weighted by molar-refractivity contribution is -0.385. The van der Waals surface area contributed by atoms with Crippen LogP contribution in [0.25, 0.3) is 0 Å². The van der Waals surface area contributed by atoms with Crippen molar-refractivity contribution in [3.05, 3.63) is 45.3 Å². The number of hydrogen-bond acceptors (Lipinski definition) is 6. The molecule has 0 amide bonds. The fourth-order valence-corrected chi connectivity index (χ4v) is 1.88. The van der Waals surface area contributed by atoms with E-state index < -0.39 is 4.92 Å². The monoisotopic (exact) mass is 277 g/mol. The van der Waals surface area contributed by atoms with Crippen LogP contribution < -0.4 is 10.1 Å². The van der Waals surface area contributed by atoms with E-state index in [0.29, 0.717) is 6.54 Å². The van der Waals surface area contributed by atoms with Gasteiger partial charge in [0.15, 0.2) is 5.75 Å². The van der Waals surface area contributed by atoms with Gasteiger partial charge in [-0.1, -0.05) is 5.16 Å². The van der Waals surface area contributed by atoms with Gasteiger partial charge in [-0.25, -0.2) is 0 Å². The first-order valence-corrected chi connectivity index (χ1v) is 6.01. The quantitative estimate of drug-likeness (QED) is 0.667. The van der Waals surface area contributed by atoms with E-state index in [0.717, 1.165) is 22.7 Å². The third kappa shape index (κ3) is 2.71. The number of rotatable bonds is 5. The molecule has 7 nitrogen and oxygen atoms in total. The zero-order chi connectivity index (χ0) is 14.7. The van der Waals surface area contributed by atoms with E-state index in [1.165, 1.54) is 13.2 Å². The summed E-state index contributed by atoms with van der Waals surface area (Å²) in [4.78, 5) is 10.3. The van der Waals surface area contributed by atoms with Gasteiger partial charge < -0.3 is 14.6 Å². The Kier molecular flexibility index (Phi) is 3.88. The van der Waals surface area contributed by atoms with Crippen LogP contribution >= 0.6 is 0 Å². The standard InChI is InChI=1S/C13H15N3O4/c1-8-11(9(2)20-15-8)7-14-10-4-5-12(16(17)18)13(6-10)19-3/h4-6,14H,7H2,1-3H3. The predicted octanol–water partition coefficient (Wildman–Crippen LogP) is 2.82. The number of nitro benzene ring substituents is 1. The largest absolute Gasteiger partial charge is 0.490 e. The molecule has 0 aliphatic rings. The van der Waals surface area contributed by atoms with Gasteiger partial charge in [-0.3, -0.25) is 10.1 Å². The molecule has 0 spiro atoms. The molecule has 0 atom stereocenters. The maximum Gasteiger partial charge on any atom is 0.311 e. The van der Waals surface area contributed by atoms with Crippen LogP contribution in [-0.2, 0) is 6.54 Å². The zero-order valence-corrected chi connectivity index (χ0v) is 11.5. The Bertz CT molecular complexity index is 617. The Morgan fingerprint density at radius 3 is 2.75 bits per heavy atom. The van der Waals surface area contributed by atoms with Gasteiger partial charge in [-0.05, 0) is 19.9 Å². The molecular weight excluding hydrogens is 262 g/mol. The van der Waals surface area contributed by atoms with Crippen LogP contribution in [0.2, 0.25) is 0 Å². The minimum atomic E-state index is -0.475. The van der Waals surface area contributed by atoms with Gasteiger partial charge in [0.05, 0.1) is 17.7 Å². The van der Waals surface area contributed by atoms with Crippen molar-refractivity contribution in [2.75, 3.05) is 12.4 Å². The van der Waals surface area contributed by atoms with E-state index in [1.54, 1.807) is 12.1 Å². The smallest absolute Gasteiger partial charge is 0.311 e. The van der Waals surface area contributed by atoms with Crippen molar-refractivity contribution in [3.8, 4) is 5.75 Å². The fraction of sp³-hybridized carbons (Fsp3) is 0.308. The molecular formula is C13H15N3O4. The van der Waals surface area contributed by atoms with Crippen molar-refractivity contribution in [2.24, 2.45) is 0 Å². The lowest BCUT2D eigenvalue weighted by atomic mass is 10.2. The molecule has 1 aromatic heterocycles. The SMILES string of the molecule is COc1cc(NCc2c(C)noc2C)ccc1[N+](=O)[O-]. The molecule has 1 aromatic carbocycles. The predicted molar refractivity (Wildman–Crippen MR) is 73.0 cm³/mol. The zero-order valence-electron chi connectivity index (χ0n) is 11.5. The molecule has 0 saturated heterocycles. The highest BCUT2D eigenvalue weighted by molar-refractivity contribution is 5.58. The lowest BCUT2D eigenvalue weighted by Gasteiger charge is -2.08. The molecule has 0 aliphatic heterocycles. The number of aryl methyl sites for hydroxylation is 2. The van der Waals surface area contributed by atoms with Gasteiger partial charge in [0.25, 0.3) is 0 Å². The van der Waals surface area contributed by atoms with Crippen molar-refractivity contribution in [2.45, 2.75) is 20.4 Å². The second-order valence-electron chi connectivity index (χ2n) is 4.30. The van der Waals surface area contributed by atoms with Gasteiger partial charge in [0, 0.05) is 29.9 Å². The summed E-state index contributed by atoms with van der Waals surface area (Å²) in [5, 5.41) is 17.8. The van der Waals surface area contributed by atoms with Gasteiger partial charge in [-0.2, -0.15) is 0 Å². The Labute approximate surface area is 115 Å². The van der Waals surface area contributed by atoms with E-state index in [9.17, 15) is 10.1 Å². The molecule has 2 aromatic rings. The summed E-state index contributed by atoms with van der Waals surface area (Å²) in [7, 11) is 1.40. The van der Waals surface area contributed by atoms with E-state index in [-0.39, 0.29) is 11.4 Å². The average Bonchev–Trinajstić information content (AvgIpc) is 2.75. The molecule has 0 bridgehead atoms. The van der Waals surface area contributed by atoms with E-state index in [2.05, 4.69) is 10.5 Å². The summed E-state index contributed by atoms with van der Waals surface area (Å²) in [6.07, 6.45) is 0. The van der Waals surface area contributed by atoms with E-state index in [4.69, 9.17) is 9.26 Å². The highest BCUT2D eigenvalue weighted by Crippen LogP contribution is 2.30. The summed E-state index contributed by atoms with van der Waals surface area (Å²) in [5.74, 6) is 0.975. The lowest BCUT2D eigenvalue weighted by Crippen LogP contribution is -2.02. The number of benzene rings is 1. The fourth-order valence-electron chi connectivity index (χ4n) is 1.88. The molecule has 0 aliphatic carbocycles. The molecule has 1 heterocycles. The van der Waals surface area contributed by atoms with Crippen LogP contribution in [-0.4, -0.2) is 17.2 Å². The summed E-state index contributed by atoms with van der Waals surface area (Å²) in [6, 6.07) is 4.64. The molecule has 0 radical (unpaired) electrons. The van der Waals surface area contributed by atoms with Crippen molar-refractivity contribution < 1.29 is 14.2 Å².